The minimum absolute atomic E-state index is 0.0860. The fourth-order valence-electron chi connectivity index (χ4n) is 2.59. The molecule has 0 aliphatic carbocycles. The Morgan fingerprint density at radius 1 is 1.23 bits per heavy atom. The summed E-state index contributed by atoms with van der Waals surface area (Å²) in [6, 6.07) is 7.40. The summed E-state index contributed by atoms with van der Waals surface area (Å²) in [7, 11) is 0. The Kier molecular flexibility index (Phi) is 5.29. The van der Waals surface area contributed by atoms with Crippen LogP contribution in [0.15, 0.2) is 24.3 Å². The first kappa shape index (κ1) is 16.6. The third kappa shape index (κ3) is 4.37. The number of nitrogens with one attached hydrogen (secondary N) is 1. The van der Waals surface area contributed by atoms with Crippen molar-refractivity contribution in [1.82, 2.24) is 10.2 Å². The molecule has 0 radical (unpaired) electrons. The van der Waals surface area contributed by atoms with Gasteiger partial charge in [-0.2, -0.15) is 0 Å². The largest absolute Gasteiger partial charge is 0.506 e. The number of nitrogens with zero attached hydrogens (tertiary/aromatic N) is 2. The van der Waals surface area contributed by atoms with Gasteiger partial charge in [-0.05, 0) is 32.4 Å². The maximum absolute atomic E-state index is 12.1. The first-order valence-electron chi connectivity index (χ1n) is 7.97. The van der Waals surface area contributed by atoms with E-state index in [-0.39, 0.29) is 11.4 Å². The zero-order chi connectivity index (χ0) is 16.2. The Balaban J connectivity index is 1.83. The van der Waals surface area contributed by atoms with Gasteiger partial charge in [-0.25, -0.2) is 0 Å². The van der Waals surface area contributed by atoms with Crippen molar-refractivity contribution in [3.63, 3.8) is 0 Å². The van der Waals surface area contributed by atoms with Gasteiger partial charge in [0.25, 0.3) is 0 Å². The van der Waals surface area contributed by atoms with Crippen molar-refractivity contribution in [2.24, 2.45) is 0 Å². The van der Waals surface area contributed by atoms with Gasteiger partial charge in [0.1, 0.15) is 5.75 Å². The Bertz CT molecular complexity index is 508. The summed E-state index contributed by atoms with van der Waals surface area (Å²) in [4.78, 5) is 16.4. The van der Waals surface area contributed by atoms with E-state index in [1.165, 1.54) is 0 Å². The van der Waals surface area contributed by atoms with Crippen LogP contribution >= 0.6 is 0 Å². The molecule has 2 rings (SSSR count). The molecule has 122 valence electrons. The van der Waals surface area contributed by atoms with Crippen molar-refractivity contribution in [3.8, 4) is 5.75 Å². The number of carbonyl (C=O) groups is 1. The molecule has 22 heavy (non-hydrogen) atoms. The number of piperazine rings is 1. The summed E-state index contributed by atoms with van der Waals surface area (Å²) in [5, 5.41) is 13.0. The summed E-state index contributed by atoms with van der Waals surface area (Å²) in [5.41, 5.74) is 0.730. The summed E-state index contributed by atoms with van der Waals surface area (Å²) in [6.07, 6.45) is 0.916. The van der Waals surface area contributed by atoms with Crippen LogP contribution in [0.4, 0.5) is 5.69 Å². The van der Waals surface area contributed by atoms with Gasteiger partial charge in [-0.3, -0.25) is 9.69 Å². The highest BCUT2D eigenvalue weighted by molar-refractivity contribution is 5.78. The van der Waals surface area contributed by atoms with Gasteiger partial charge in [0.15, 0.2) is 0 Å². The number of rotatable bonds is 5. The molecule has 1 saturated heterocycles. The molecular weight excluding hydrogens is 278 g/mol. The Morgan fingerprint density at radius 3 is 2.45 bits per heavy atom. The number of phenolic OH excluding ortho intramolecular Hbond substituents is 1. The van der Waals surface area contributed by atoms with Crippen LogP contribution in [0.1, 0.15) is 27.2 Å². The SMILES string of the molecule is CCC(C)(C)NC(=O)CN1CCN(c2ccccc2O)CC1. The molecule has 0 saturated carbocycles. The zero-order valence-corrected chi connectivity index (χ0v) is 13.8. The fraction of sp³-hybridized carbons (Fsp3) is 0.588. The summed E-state index contributed by atoms with van der Waals surface area (Å²) < 4.78 is 0. The van der Waals surface area contributed by atoms with Crippen LogP contribution in [0.2, 0.25) is 0 Å². The van der Waals surface area contributed by atoms with Crippen LogP contribution in [0, 0.1) is 0 Å². The van der Waals surface area contributed by atoms with E-state index < -0.39 is 0 Å². The molecule has 5 heteroatoms. The standard InChI is InChI=1S/C17H27N3O2/c1-4-17(2,3)18-16(22)13-19-9-11-20(12-10-19)14-7-5-6-8-15(14)21/h5-8,21H,4,9-13H2,1-3H3,(H,18,22). The number of aromatic hydroxyl groups is 1. The molecule has 0 atom stereocenters. The minimum Gasteiger partial charge on any atom is -0.506 e. The number of para-hydroxylation sites is 2. The topological polar surface area (TPSA) is 55.8 Å². The van der Waals surface area contributed by atoms with Crippen LogP contribution < -0.4 is 10.2 Å². The van der Waals surface area contributed by atoms with Gasteiger partial charge in [0.05, 0.1) is 12.2 Å². The molecule has 2 N–H and O–H groups in total. The van der Waals surface area contributed by atoms with E-state index >= 15 is 0 Å². The Morgan fingerprint density at radius 2 is 1.86 bits per heavy atom. The lowest BCUT2D eigenvalue weighted by Gasteiger charge is -2.36. The molecule has 1 aliphatic heterocycles. The summed E-state index contributed by atoms with van der Waals surface area (Å²) in [6.45, 7) is 9.90. The normalized spacial score (nSPS) is 16.6. The van der Waals surface area contributed by atoms with Crippen LogP contribution in [0.3, 0.4) is 0 Å². The van der Waals surface area contributed by atoms with Gasteiger partial charge >= 0.3 is 0 Å². The van der Waals surface area contributed by atoms with Gasteiger partial charge in [0.2, 0.25) is 5.91 Å². The summed E-state index contributed by atoms with van der Waals surface area (Å²) >= 11 is 0. The predicted octanol–water partition coefficient (Wildman–Crippen LogP) is 1.82. The highest BCUT2D eigenvalue weighted by atomic mass is 16.3. The van der Waals surface area contributed by atoms with Gasteiger partial charge < -0.3 is 15.3 Å². The van der Waals surface area contributed by atoms with Crippen LogP contribution in [-0.4, -0.2) is 54.2 Å². The highest BCUT2D eigenvalue weighted by Gasteiger charge is 2.23. The van der Waals surface area contributed by atoms with Crippen LogP contribution in [0.5, 0.6) is 5.75 Å². The molecule has 0 bridgehead atoms. The second-order valence-electron chi connectivity index (χ2n) is 6.54. The smallest absolute Gasteiger partial charge is 0.234 e. The monoisotopic (exact) mass is 305 g/mol. The van der Waals surface area contributed by atoms with Crippen molar-refractivity contribution >= 4 is 11.6 Å². The second kappa shape index (κ2) is 7.01. The average Bonchev–Trinajstić information content (AvgIpc) is 2.48. The molecule has 1 aromatic rings. The van der Waals surface area contributed by atoms with E-state index in [0.29, 0.717) is 12.3 Å². The molecule has 1 heterocycles. The van der Waals surface area contributed by atoms with E-state index in [1.54, 1.807) is 6.07 Å². The van der Waals surface area contributed by atoms with Gasteiger partial charge in [-0.1, -0.05) is 19.1 Å². The number of hydrogen-bond acceptors (Lipinski definition) is 4. The number of hydrogen-bond donors (Lipinski definition) is 2. The number of carbonyl (C=O) groups excluding carboxylic acids is 1. The quantitative estimate of drug-likeness (QED) is 0.871. The summed E-state index contributed by atoms with van der Waals surface area (Å²) in [5.74, 6) is 0.404. The molecule has 1 aromatic carbocycles. The molecule has 1 aliphatic rings. The predicted molar refractivity (Wildman–Crippen MR) is 89.3 cm³/mol. The zero-order valence-electron chi connectivity index (χ0n) is 13.8. The molecule has 1 fully saturated rings. The molecule has 5 nitrogen and oxygen atoms in total. The van der Waals surface area contributed by atoms with E-state index in [9.17, 15) is 9.90 Å². The van der Waals surface area contributed by atoms with Crippen LogP contribution in [0.25, 0.3) is 0 Å². The maximum Gasteiger partial charge on any atom is 0.234 e. The number of phenols is 1. The molecular formula is C17H27N3O2. The third-order valence-corrected chi connectivity index (χ3v) is 4.32. The number of benzene rings is 1. The molecule has 0 aromatic heterocycles. The Labute approximate surface area is 132 Å². The minimum atomic E-state index is -0.144. The van der Waals surface area contributed by atoms with Crippen LogP contribution in [-0.2, 0) is 4.79 Å². The molecule has 0 unspecified atom stereocenters. The third-order valence-electron chi connectivity index (χ3n) is 4.32. The first-order chi connectivity index (χ1) is 10.4. The highest BCUT2D eigenvalue weighted by Crippen LogP contribution is 2.27. The van der Waals surface area contributed by atoms with Gasteiger partial charge in [-0.15, -0.1) is 0 Å². The van der Waals surface area contributed by atoms with E-state index in [2.05, 4.69) is 22.0 Å². The van der Waals surface area contributed by atoms with Crippen molar-refractivity contribution in [3.05, 3.63) is 24.3 Å². The maximum atomic E-state index is 12.1. The van der Waals surface area contributed by atoms with E-state index in [4.69, 9.17) is 0 Å². The average molecular weight is 305 g/mol. The lowest BCUT2D eigenvalue weighted by molar-refractivity contribution is -0.123. The molecule has 0 spiro atoms. The van der Waals surface area contributed by atoms with Gasteiger partial charge in [0, 0.05) is 31.7 Å². The number of amides is 1. The lowest BCUT2D eigenvalue weighted by atomic mass is 10.0. The second-order valence-corrected chi connectivity index (χ2v) is 6.54. The first-order valence-corrected chi connectivity index (χ1v) is 7.97. The molecule has 1 amide bonds. The van der Waals surface area contributed by atoms with E-state index in [1.807, 2.05) is 32.0 Å². The lowest BCUT2D eigenvalue weighted by Crippen LogP contribution is -2.52. The van der Waals surface area contributed by atoms with Crippen molar-refractivity contribution in [1.29, 1.82) is 0 Å². The number of anilines is 1. The van der Waals surface area contributed by atoms with Crippen molar-refractivity contribution in [2.75, 3.05) is 37.6 Å². The van der Waals surface area contributed by atoms with Crippen molar-refractivity contribution < 1.29 is 9.90 Å². The van der Waals surface area contributed by atoms with E-state index in [0.717, 1.165) is 38.3 Å². The fourth-order valence-corrected chi connectivity index (χ4v) is 2.59. The Hall–Kier alpha value is -1.75. The van der Waals surface area contributed by atoms with Crippen molar-refractivity contribution in [2.45, 2.75) is 32.7 Å².